The Morgan fingerprint density at radius 1 is 1.33 bits per heavy atom. The van der Waals surface area contributed by atoms with E-state index < -0.39 is 18.3 Å². The maximum atomic E-state index is 12.5. The fourth-order valence-corrected chi connectivity index (χ4v) is 3.10. The quantitative estimate of drug-likeness (QED) is 0.662. The maximum absolute atomic E-state index is 12.5. The van der Waals surface area contributed by atoms with Gasteiger partial charge in [0.05, 0.1) is 12.6 Å². The van der Waals surface area contributed by atoms with Gasteiger partial charge in [-0.05, 0) is 45.1 Å². The number of ether oxygens (including phenoxy) is 1. The van der Waals surface area contributed by atoms with Crippen LogP contribution >= 0.6 is 0 Å². The summed E-state index contributed by atoms with van der Waals surface area (Å²) in [5.74, 6) is -0.529. The number of aliphatic hydroxyl groups excluding tert-OH is 1. The van der Waals surface area contributed by atoms with Gasteiger partial charge in [0.2, 0.25) is 5.91 Å². The first kappa shape index (κ1) is 22.8. The average Bonchev–Trinajstić information content (AvgIpc) is 3.12. The molecule has 1 aromatic rings. The third-order valence-corrected chi connectivity index (χ3v) is 4.46. The Bertz CT molecular complexity index is 581. The third kappa shape index (κ3) is 7.11. The predicted octanol–water partition coefficient (Wildman–Crippen LogP) is 1.28. The first-order valence-corrected chi connectivity index (χ1v) is 9.27. The molecule has 0 saturated carbocycles. The van der Waals surface area contributed by atoms with Crippen LogP contribution in [0.2, 0.25) is 0 Å². The number of hydrogen-bond donors (Lipinski definition) is 2. The van der Waals surface area contributed by atoms with Crippen LogP contribution in [0, 0.1) is 0 Å². The van der Waals surface area contributed by atoms with Crippen molar-refractivity contribution in [3.8, 4) is 0 Å². The number of aliphatic hydroxyl groups is 1. The highest BCUT2D eigenvalue weighted by Crippen LogP contribution is 2.16. The summed E-state index contributed by atoms with van der Waals surface area (Å²) in [5, 5.41) is 13.0. The molecule has 2 N–H and O–H groups in total. The number of nitrogens with zero attached hydrogens (tertiary/aromatic N) is 1. The summed E-state index contributed by atoms with van der Waals surface area (Å²) in [7, 11) is 0. The first-order chi connectivity index (χ1) is 13.0. The zero-order chi connectivity index (χ0) is 20.2. The minimum absolute atomic E-state index is 0.181. The van der Waals surface area contributed by atoms with Crippen molar-refractivity contribution >= 4 is 18.7 Å². The molecule has 1 heterocycles. The molecule has 0 aromatic heterocycles. The molecular weight excluding hydrogens is 348 g/mol. The van der Waals surface area contributed by atoms with Crippen LogP contribution < -0.4 is 5.32 Å². The van der Waals surface area contributed by atoms with Gasteiger partial charge in [-0.2, -0.15) is 0 Å². The van der Waals surface area contributed by atoms with E-state index in [4.69, 9.17) is 9.53 Å². The van der Waals surface area contributed by atoms with Gasteiger partial charge in [0.1, 0.15) is 19.1 Å². The Morgan fingerprint density at radius 3 is 2.56 bits per heavy atom. The minimum atomic E-state index is -0.720. The molecule has 27 heavy (non-hydrogen) atoms. The average molecular weight is 378 g/mol. The second-order valence-electron chi connectivity index (χ2n) is 6.37. The molecule has 150 valence electrons. The topological polar surface area (TPSA) is 95.9 Å². The summed E-state index contributed by atoms with van der Waals surface area (Å²) in [6.45, 7) is 6.35. The Balaban J connectivity index is 0.00000176. The first-order valence-electron chi connectivity index (χ1n) is 9.27. The monoisotopic (exact) mass is 378 g/mol. The number of aryl methyl sites for hydroxylation is 1. The van der Waals surface area contributed by atoms with E-state index in [1.807, 2.05) is 37.1 Å². The summed E-state index contributed by atoms with van der Waals surface area (Å²) < 4.78 is 5.14. The molecule has 1 aliphatic rings. The molecule has 1 fully saturated rings. The number of benzene rings is 1. The lowest BCUT2D eigenvalue weighted by Crippen LogP contribution is -2.52. The van der Waals surface area contributed by atoms with E-state index in [-0.39, 0.29) is 11.9 Å². The third-order valence-electron chi connectivity index (χ3n) is 4.46. The van der Waals surface area contributed by atoms with Crippen LogP contribution in [0.1, 0.15) is 38.7 Å². The number of hydrogen-bond acceptors (Lipinski definition) is 6. The van der Waals surface area contributed by atoms with Gasteiger partial charge in [-0.1, -0.05) is 30.3 Å². The van der Waals surface area contributed by atoms with Gasteiger partial charge in [0, 0.05) is 6.54 Å². The van der Waals surface area contributed by atoms with Crippen LogP contribution in [0.25, 0.3) is 0 Å². The Morgan fingerprint density at radius 2 is 2.00 bits per heavy atom. The number of rotatable bonds is 8. The predicted molar refractivity (Wildman–Crippen MR) is 102 cm³/mol. The molecule has 1 saturated heterocycles. The number of carbonyl (C=O) groups is 3. The number of nitrogens with one attached hydrogen (secondary N) is 1. The van der Waals surface area contributed by atoms with Crippen LogP contribution in [0.4, 0.5) is 0 Å². The maximum Gasteiger partial charge on any atom is 0.323 e. The van der Waals surface area contributed by atoms with Crippen molar-refractivity contribution < 1.29 is 24.2 Å². The molecule has 0 aliphatic carbocycles. The van der Waals surface area contributed by atoms with Crippen molar-refractivity contribution in [1.82, 2.24) is 10.2 Å². The van der Waals surface area contributed by atoms with Gasteiger partial charge in [0.15, 0.2) is 0 Å². The van der Waals surface area contributed by atoms with E-state index in [0.29, 0.717) is 32.4 Å². The van der Waals surface area contributed by atoms with Crippen LogP contribution in [-0.4, -0.2) is 60.1 Å². The van der Waals surface area contributed by atoms with Gasteiger partial charge < -0.3 is 19.5 Å². The smallest absolute Gasteiger partial charge is 0.323 e. The molecular formula is C20H30N2O5. The molecule has 2 unspecified atom stereocenters. The molecule has 2 rings (SSSR count). The van der Waals surface area contributed by atoms with E-state index >= 15 is 0 Å². The molecule has 0 bridgehead atoms. The summed E-state index contributed by atoms with van der Waals surface area (Å²) >= 11 is 0. The van der Waals surface area contributed by atoms with Gasteiger partial charge in [-0.25, -0.2) is 0 Å². The SMILES string of the molecule is C=O.CCOC(=O)C(CCc1ccccc1)NC(C)C(=O)N1CCC[C@H]1O. The van der Waals surface area contributed by atoms with Crippen molar-refractivity contribution in [3.05, 3.63) is 35.9 Å². The normalized spacial score (nSPS) is 18.2. The minimum Gasteiger partial charge on any atom is -0.465 e. The summed E-state index contributed by atoms with van der Waals surface area (Å²) in [4.78, 5) is 34.2. The fourth-order valence-electron chi connectivity index (χ4n) is 3.10. The number of likely N-dealkylation sites (tertiary alicyclic amines) is 1. The second-order valence-corrected chi connectivity index (χ2v) is 6.37. The standard InChI is InChI=1S/C19H28N2O4.CH2O/c1-3-25-19(24)16(12-11-15-8-5-4-6-9-15)20-14(2)18(23)21-13-7-10-17(21)22;1-2/h4-6,8-9,14,16-17,20,22H,3,7,10-13H2,1-2H3;1H2/t14?,16?,17-;/m1./s1. The fraction of sp³-hybridized carbons (Fsp3) is 0.550. The highest BCUT2D eigenvalue weighted by molar-refractivity contribution is 5.83. The molecule has 1 aromatic carbocycles. The van der Waals surface area contributed by atoms with E-state index in [9.17, 15) is 14.7 Å². The van der Waals surface area contributed by atoms with Crippen molar-refractivity contribution in [1.29, 1.82) is 0 Å². The highest BCUT2D eigenvalue weighted by Gasteiger charge is 2.32. The van der Waals surface area contributed by atoms with E-state index in [1.54, 1.807) is 13.8 Å². The van der Waals surface area contributed by atoms with Gasteiger partial charge in [-0.15, -0.1) is 0 Å². The van der Waals surface area contributed by atoms with Crippen molar-refractivity contribution in [2.24, 2.45) is 0 Å². The van der Waals surface area contributed by atoms with Crippen molar-refractivity contribution in [2.45, 2.75) is 57.8 Å². The van der Waals surface area contributed by atoms with E-state index in [0.717, 1.165) is 12.0 Å². The lowest BCUT2D eigenvalue weighted by molar-refractivity contribution is -0.147. The van der Waals surface area contributed by atoms with E-state index in [2.05, 4.69) is 5.32 Å². The van der Waals surface area contributed by atoms with Gasteiger partial charge >= 0.3 is 5.97 Å². The molecule has 0 spiro atoms. The van der Waals surface area contributed by atoms with Crippen LogP contribution in [0.15, 0.2) is 30.3 Å². The Hall–Kier alpha value is -2.25. The van der Waals surface area contributed by atoms with Crippen molar-refractivity contribution in [2.75, 3.05) is 13.2 Å². The highest BCUT2D eigenvalue weighted by atomic mass is 16.5. The molecule has 7 heteroatoms. The van der Waals surface area contributed by atoms with Crippen molar-refractivity contribution in [3.63, 3.8) is 0 Å². The van der Waals surface area contributed by atoms with E-state index in [1.165, 1.54) is 4.90 Å². The number of esters is 1. The summed E-state index contributed by atoms with van der Waals surface area (Å²) in [6.07, 6.45) is 1.94. The van der Waals surface area contributed by atoms with Gasteiger partial charge in [0.25, 0.3) is 0 Å². The number of amides is 1. The summed E-state index contributed by atoms with van der Waals surface area (Å²) in [5.41, 5.74) is 1.13. The van der Waals surface area contributed by atoms with Gasteiger partial charge in [-0.3, -0.25) is 14.9 Å². The number of carbonyl (C=O) groups excluding carboxylic acids is 3. The second kappa shape index (κ2) is 12.2. The molecule has 7 nitrogen and oxygen atoms in total. The zero-order valence-electron chi connectivity index (χ0n) is 16.1. The molecule has 0 radical (unpaired) electrons. The molecule has 1 amide bonds. The Kier molecular flexibility index (Phi) is 10.3. The zero-order valence-corrected chi connectivity index (χ0v) is 16.1. The van der Waals surface area contributed by atoms with Crippen LogP contribution in [-0.2, 0) is 25.5 Å². The summed E-state index contributed by atoms with van der Waals surface area (Å²) in [6, 6.07) is 8.78. The Labute approximate surface area is 160 Å². The lowest BCUT2D eigenvalue weighted by Gasteiger charge is -2.27. The molecule has 1 aliphatic heterocycles. The van der Waals surface area contributed by atoms with Crippen LogP contribution in [0.5, 0.6) is 0 Å². The lowest BCUT2D eigenvalue weighted by atomic mass is 10.0. The molecule has 3 atom stereocenters. The van der Waals surface area contributed by atoms with Crippen LogP contribution in [0.3, 0.4) is 0 Å². The largest absolute Gasteiger partial charge is 0.465 e.